The number of hydrogen-bond donors (Lipinski definition) is 1. The SMILES string of the molecule is [CH2-][NH2+][C@]1(C)[C@H](C)C[C@@H]2C[C@H](C)[C@H]3CC[C@](C)(N=C=S)[C@H]4CC[C@H]1[C@@H]2[C@H]34. The normalized spacial score (nSPS) is 57.3. The predicted octanol–water partition coefficient (Wildman–Crippen LogP) is 4.33. The zero-order chi connectivity index (χ0) is 18.0. The second-order valence-corrected chi connectivity index (χ2v) is 10.6. The van der Waals surface area contributed by atoms with Crippen LogP contribution < -0.4 is 5.32 Å². The molecule has 25 heavy (non-hydrogen) atoms. The van der Waals surface area contributed by atoms with Gasteiger partial charge in [0, 0.05) is 11.8 Å². The lowest BCUT2D eigenvalue weighted by molar-refractivity contribution is -0.696. The van der Waals surface area contributed by atoms with E-state index in [1.807, 2.05) is 0 Å². The highest BCUT2D eigenvalue weighted by atomic mass is 32.1. The first-order valence-corrected chi connectivity index (χ1v) is 11.0. The minimum atomic E-state index is 0.0448. The van der Waals surface area contributed by atoms with Crippen LogP contribution in [-0.2, 0) is 0 Å². The van der Waals surface area contributed by atoms with Crippen molar-refractivity contribution in [3.63, 3.8) is 0 Å². The fraction of sp³-hybridized carbons (Fsp3) is 0.909. The summed E-state index contributed by atoms with van der Waals surface area (Å²) in [6.45, 7) is 9.91. The van der Waals surface area contributed by atoms with Gasteiger partial charge in [0.15, 0.2) is 0 Å². The Morgan fingerprint density at radius 1 is 1.08 bits per heavy atom. The Balaban J connectivity index is 1.77. The van der Waals surface area contributed by atoms with Crippen LogP contribution in [0, 0.1) is 54.4 Å². The molecule has 0 bridgehead atoms. The fourth-order valence-corrected chi connectivity index (χ4v) is 8.40. The van der Waals surface area contributed by atoms with E-state index in [-0.39, 0.29) is 5.54 Å². The summed E-state index contributed by atoms with van der Waals surface area (Å²) in [4.78, 5) is 4.76. The van der Waals surface area contributed by atoms with Crippen molar-refractivity contribution in [1.29, 1.82) is 0 Å². The van der Waals surface area contributed by atoms with Crippen LogP contribution in [0.3, 0.4) is 0 Å². The van der Waals surface area contributed by atoms with E-state index in [2.05, 4.69) is 45.2 Å². The molecule has 2 nitrogen and oxygen atoms in total. The summed E-state index contributed by atoms with van der Waals surface area (Å²) in [6.07, 6.45) is 8.10. The molecule has 0 unspecified atom stereocenters. The van der Waals surface area contributed by atoms with Crippen LogP contribution >= 0.6 is 12.2 Å². The standard InChI is InChI=1S/C22H36N2S/c1-13-10-15-11-14(2)22(4,23-5)18-7-6-17-20(19(15)18)16(13)8-9-21(17,3)24-12-25/h13-20H,5-11,23H2,1-4H3/t13-,14+,15-,16+,17-,18-,19+,20+,21-,22+/m0/s1. The molecule has 2 N–H and O–H groups in total. The zero-order valence-electron chi connectivity index (χ0n) is 16.5. The monoisotopic (exact) mass is 360 g/mol. The Morgan fingerprint density at radius 2 is 1.80 bits per heavy atom. The molecule has 140 valence electrons. The Bertz CT molecular complexity index is 585. The number of aliphatic imine (C=N–C) groups is 1. The fourth-order valence-electron chi connectivity index (χ4n) is 8.19. The highest BCUT2D eigenvalue weighted by molar-refractivity contribution is 7.78. The summed E-state index contributed by atoms with van der Waals surface area (Å²) >= 11 is 5.04. The van der Waals surface area contributed by atoms with Crippen LogP contribution in [0.1, 0.15) is 66.2 Å². The molecule has 0 aromatic heterocycles. The van der Waals surface area contributed by atoms with Gasteiger partial charge in [0.2, 0.25) is 0 Å². The second-order valence-electron chi connectivity index (χ2n) is 10.4. The van der Waals surface area contributed by atoms with Crippen molar-refractivity contribution in [2.75, 3.05) is 0 Å². The molecular formula is C22H36N2S. The molecule has 10 atom stereocenters. The Morgan fingerprint density at radius 3 is 2.48 bits per heavy atom. The smallest absolute Gasteiger partial charge is 0.0752 e. The maximum Gasteiger partial charge on any atom is 0.0752 e. The van der Waals surface area contributed by atoms with Gasteiger partial charge in [-0.05, 0) is 100 Å². The van der Waals surface area contributed by atoms with E-state index in [1.165, 1.54) is 38.5 Å². The van der Waals surface area contributed by atoms with Crippen molar-refractivity contribution in [2.24, 2.45) is 52.3 Å². The first-order valence-electron chi connectivity index (χ1n) is 10.6. The van der Waals surface area contributed by atoms with E-state index >= 15 is 0 Å². The molecule has 0 amide bonds. The van der Waals surface area contributed by atoms with Gasteiger partial charge in [0.05, 0.1) is 16.2 Å². The summed E-state index contributed by atoms with van der Waals surface area (Å²) < 4.78 is 0. The molecule has 0 radical (unpaired) electrons. The van der Waals surface area contributed by atoms with Gasteiger partial charge in [0.25, 0.3) is 0 Å². The van der Waals surface area contributed by atoms with Crippen LogP contribution in [0.15, 0.2) is 4.99 Å². The van der Waals surface area contributed by atoms with E-state index < -0.39 is 0 Å². The van der Waals surface area contributed by atoms with Gasteiger partial charge in [-0.2, -0.15) is 7.05 Å². The van der Waals surface area contributed by atoms with Gasteiger partial charge in [0.1, 0.15) is 0 Å². The number of isothiocyanates is 1. The first-order chi connectivity index (χ1) is 11.9. The lowest BCUT2D eigenvalue weighted by atomic mass is 9.40. The molecule has 0 aliphatic heterocycles. The van der Waals surface area contributed by atoms with Crippen molar-refractivity contribution in [3.05, 3.63) is 7.05 Å². The van der Waals surface area contributed by atoms with E-state index in [1.54, 1.807) is 0 Å². The number of quaternary nitrogens is 1. The van der Waals surface area contributed by atoms with Gasteiger partial charge in [-0.1, -0.05) is 13.8 Å². The molecule has 4 rings (SSSR count). The third-order valence-electron chi connectivity index (χ3n) is 9.65. The minimum Gasteiger partial charge on any atom is -0.474 e. The molecule has 0 spiro atoms. The van der Waals surface area contributed by atoms with E-state index in [0.717, 1.165) is 47.3 Å². The van der Waals surface area contributed by atoms with Gasteiger partial charge in [-0.15, -0.1) is 0 Å². The van der Waals surface area contributed by atoms with Crippen molar-refractivity contribution >= 4 is 17.4 Å². The van der Waals surface area contributed by atoms with Gasteiger partial charge in [-0.3, -0.25) is 0 Å². The summed E-state index contributed by atoms with van der Waals surface area (Å²) in [6, 6.07) is 0. The van der Waals surface area contributed by atoms with Crippen LogP contribution in [0.4, 0.5) is 0 Å². The summed E-state index contributed by atoms with van der Waals surface area (Å²) in [5.74, 6) is 6.77. The van der Waals surface area contributed by atoms with Crippen LogP contribution in [0.5, 0.6) is 0 Å². The molecule has 0 heterocycles. The van der Waals surface area contributed by atoms with Gasteiger partial charge < -0.3 is 5.32 Å². The van der Waals surface area contributed by atoms with Crippen molar-refractivity contribution < 1.29 is 5.32 Å². The van der Waals surface area contributed by atoms with E-state index in [0.29, 0.717) is 5.54 Å². The van der Waals surface area contributed by atoms with Crippen molar-refractivity contribution in [2.45, 2.75) is 77.3 Å². The maximum atomic E-state index is 5.04. The highest BCUT2D eigenvalue weighted by Crippen LogP contribution is 2.65. The quantitative estimate of drug-likeness (QED) is 0.443. The van der Waals surface area contributed by atoms with Crippen LogP contribution in [-0.4, -0.2) is 16.2 Å². The molecule has 0 saturated heterocycles. The molecule has 4 saturated carbocycles. The van der Waals surface area contributed by atoms with Gasteiger partial charge >= 0.3 is 0 Å². The molecular weight excluding hydrogens is 324 g/mol. The van der Waals surface area contributed by atoms with Gasteiger partial charge in [-0.25, -0.2) is 4.99 Å². The molecule has 4 fully saturated rings. The Kier molecular flexibility index (Phi) is 4.46. The van der Waals surface area contributed by atoms with E-state index in [4.69, 9.17) is 17.2 Å². The van der Waals surface area contributed by atoms with Crippen molar-refractivity contribution in [1.82, 2.24) is 0 Å². The number of hydrogen-bond acceptors (Lipinski definition) is 2. The summed E-state index contributed by atoms with van der Waals surface area (Å²) in [5.41, 5.74) is 0.363. The molecule has 0 aromatic carbocycles. The topological polar surface area (TPSA) is 29.0 Å². The second kappa shape index (κ2) is 6.14. The number of thiocarbonyl (C=S) groups is 1. The molecule has 3 heteroatoms. The first kappa shape index (κ1) is 18.1. The van der Waals surface area contributed by atoms with Crippen molar-refractivity contribution in [3.8, 4) is 0 Å². The third-order valence-corrected chi connectivity index (χ3v) is 9.74. The predicted molar refractivity (Wildman–Crippen MR) is 106 cm³/mol. The zero-order valence-corrected chi connectivity index (χ0v) is 17.3. The molecule has 4 aliphatic rings. The van der Waals surface area contributed by atoms with E-state index in [9.17, 15) is 0 Å². The summed E-state index contributed by atoms with van der Waals surface area (Å²) in [5, 5.41) is 5.09. The van der Waals surface area contributed by atoms with Crippen LogP contribution in [0.25, 0.3) is 0 Å². The summed E-state index contributed by atoms with van der Waals surface area (Å²) in [7, 11) is 4.29. The maximum absolute atomic E-state index is 5.04. The molecule has 4 aliphatic carbocycles. The lowest BCUT2D eigenvalue weighted by Crippen LogP contribution is -2.96. The number of nitrogens with zero attached hydrogens (tertiary/aromatic N) is 1. The largest absolute Gasteiger partial charge is 0.474 e. The lowest BCUT2D eigenvalue weighted by Gasteiger charge is -2.66. The number of nitrogens with two attached hydrogens (primary N) is 1. The highest BCUT2D eigenvalue weighted by Gasteiger charge is 2.63. The van der Waals surface area contributed by atoms with Crippen LogP contribution in [0.2, 0.25) is 0 Å². The Labute approximate surface area is 159 Å². The molecule has 0 aromatic rings. The average Bonchev–Trinajstić information content (AvgIpc) is 2.58. The minimum absolute atomic E-state index is 0.0448. The third kappa shape index (κ3) is 2.45. The Hall–Kier alpha value is -0.240. The average molecular weight is 361 g/mol. The number of rotatable bonds is 2.